The van der Waals surface area contributed by atoms with Gasteiger partial charge in [-0.1, -0.05) is 11.8 Å². The molecule has 0 aromatic carbocycles. The Bertz CT molecular complexity index is 184. The number of allylic oxidation sites excluding steroid dienone is 1. The maximum Gasteiger partial charge on any atom is 0.190 e. The monoisotopic (exact) mass is 158 g/mol. The van der Waals surface area contributed by atoms with Gasteiger partial charge in [-0.3, -0.25) is 4.79 Å². The fraction of sp³-hybridized carbons (Fsp3) is 0.571. The van der Waals surface area contributed by atoms with E-state index in [1.54, 1.807) is 6.92 Å². The van der Waals surface area contributed by atoms with Crippen molar-refractivity contribution < 1.29 is 9.53 Å². The predicted molar refractivity (Wildman–Crippen MR) is 41.5 cm³/mol. The second-order valence-electron chi connectivity index (χ2n) is 2.17. The molecule has 0 N–H and O–H groups in total. The average molecular weight is 158 g/mol. The summed E-state index contributed by atoms with van der Waals surface area (Å²) >= 11 is 1.29. The van der Waals surface area contributed by atoms with Gasteiger partial charge in [0, 0.05) is 18.2 Å². The van der Waals surface area contributed by atoms with Crippen molar-refractivity contribution in [2.24, 2.45) is 0 Å². The Kier molecular flexibility index (Phi) is 2.38. The Labute approximate surface area is 64.6 Å². The van der Waals surface area contributed by atoms with Crippen LogP contribution in [0, 0.1) is 0 Å². The zero-order chi connectivity index (χ0) is 7.56. The number of rotatable bonds is 1. The van der Waals surface area contributed by atoms with Crippen LogP contribution in [0.3, 0.4) is 0 Å². The molecule has 1 heterocycles. The predicted octanol–water partition coefficient (Wildman–Crippen LogP) is 1.92. The van der Waals surface area contributed by atoms with Gasteiger partial charge in [0.1, 0.15) is 5.76 Å². The van der Waals surface area contributed by atoms with Gasteiger partial charge in [-0.25, -0.2) is 0 Å². The van der Waals surface area contributed by atoms with E-state index in [0.29, 0.717) is 0 Å². The topological polar surface area (TPSA) is 26.3 Å². The lowest BCUT2D eigenvalue weighted by atomic mass is 10.4. The van der Waals surface area contributed by atoms with Crippen LogP contribution in [0.2, 0.25) is 0 Å². The van der Waals surface area contributed by atoms with Crippen LogP contribution in [0.1, 0.15) is 20.3 Å². The summed E-state index contributed by atoms with van der Waals surface area (Å²) in [6.45, 7) is 4.21. The van der Waals surface area contributed by atoms with Crippen molar-refractivity contribution in [1.82, 2.24) is 0 Å². The average Bonchev–Trinajstić information content (AvgIpc) is 2.15. The van der Waals surface area contributed by atoms with Crippen molar-refractivity contribution in [1.29, 1.82) is 0 Å². The largest absolute Gasteiger partial charge is 0.497 e. The molecular formula is C7H10O2S. The number of hydrogen-bond donors (Lipinski definition) is 0. The van der Waals surface area contributed by atoms with Gasteiger partial charge >= 0.3 is 0 Å². The minimum Gasteiger partial charge on any atom is -0.497 e. The molecule has 1 rings (SSSR count). The highest BCUT2D eigenvalue weighted by Crippen LogP contribution is 2.29. The standard InChI is InChI=1S/C7H10O2S/c1-5-7(3-4-9-5)10-6(2)8/h3-4H2,1-2H3. The summed E-state index contributed by atoms with van der Waals surface area (Å²) in [5.74, 6) is 0.917. The Morgan fingerprint density at radius 2 is 2.40 bits per heavy atom. The second-order valence-corrected chi connectivity index (χ2v) is 3.44. The number of hydrogen-bond acceptors (Lipinski definition) is 3. The first-order valence-electron chi connectivity index (χ1n) is 3.21. The molecule has 3 heteroatoms. The van der Waals surface area contributed by atoms with Crippen LogP contribution >= 0.6 is 11.8 Å². The third-order valence-electron chi connectivity index (χ3n) is 1.31. The highest BCUT2D eigenvalue weighted by atomic mass is 32.2. The molecule has 0 saturated heterocycles. The van der Waals surface area contributed by atoms with Gasteiger partial charge in [0.2, 0.25) is 0 Å². The minimum absolute atomic E-state index is 0.139. The summed E-state index contributed by atoms with van der Waals surface area (Å²) in [5.41, 5.74) is 0. The molecule has 0 unspecified atom stereocenters. The molecular weight excluding hydrogens is 148 g/mol. The first-order chi connectivity index (χ1) is 4.70. The molecule has 0 fully saturated rings. The summed E-state index contributed by atoms with van der Waals surface area (Å²) in [7, 11) is 0. The van der Waals surface area contributed by atoms with E-state index in [9.17, 15) is 4.79 Å². The molecule has 0 aliphatic carbocycles. The first-order valence-corrected chi connectivity index (χ1v) is 4.03. The quantitative estimate of drug-likeness (QED) is 0.583. The molecule has 10 heavy (non-hydrogen) atoms. The van der Waals surface area contributed by atoms with E-state index >= 15 is 0 Å². The third-order valence-corrected chi connectivity index (χ3v) is 2.33. The molecule has 0 spiro atoms. The van der Waals surface area contributed by atoms with E-state index in [1.165, 1.54) is 11.8 Å². The van der Waals surface area contributed by atoms with Crippen LogP contribution in [0.15, 0.2) is 10.7 Å². The van der Waals surface area contributed by atoms with Crippen LogP contribution < -0.4 is 0 Å². The number of carbonyl (C=O) groups is 1. The third kappa shape index (κ3) is 1.77. The molecule has 56 valence electrons. The summed E-state index contributed by atoms with van der Waals surface area (Å²) in [5, 5.41) is 0.139. The molecule has 1 aliphatic heterocycles. The van der Waals surface area contributed by atoms with Gasteiger partial charge in [-0.05, 0) is 6.92 Å². The lowest BCUT2D eigenvalue weighted by Gasteiger charge is -1.95. The fourth-order valence-electron chi connectivity index (χ4n) is 0.850. The minimum atomic E-state index is 0.139. The van der Waals surface area contributed by atoms with E-state index in [1.807, 2.05) is 6.92 Å². The fourth-order valence-corrected chi connectivity index (χ4v) is 1.58. The van der Waals surface area contributed by atoms with Crippen LogP contribution in [0.4, 0.5) is 0 Å². The summed E-state index contributed by atoms with van der Waals surface area (Å²) in [6.07, 6.45) is 0.899. The number of ether oxygens (including phenoxy) is 1. The van der Waals surface area contributed by atoms with Crippen molar-refractivity contribution in [3.63, 3.8) is 0 Å². The molecule has 0 aromatic rings. The lowest BCUT2D eigenvalue weighted by Crippen LogP contribution is -1.82. The van der Waals surface area contributed by atoms with Gasteiger partial charge in [0.05, 0.1) is 6.61 Å². The maximum atomic E-state index is 10.6. The second kappa shape index (κ2) is 3.10. The van der Waals surface area contributed by atoms with Crippen LogP contribution in [-0.4, -0.2) is 11.7 Å². The molecule has 1 aliphatic rings. The Morgan fingerprint density at radius 1 is 1.70 bits per heavy atom. The summed E-state index contributed by atoms with van der Waals surface area (Å²) < 4.78 is 5.17. The summed E-state index contributed by atoms with van der Waals surface area (Å²) in [6, 6.07) is 0. The first kappa shape index (κ1) is 7.66. The van der Waals surface area contributed by atoms with Gasteiger partial charge in [-0.2, -0.15) is 0 Å². The molecule has 0 bridgehead atoms. The van der Waals surface area contributed by atoms with E-state index < -0.39 is 0 Å². The molecule has 0 saturated carbocycles. The van der Waals surface area contributed by atoms with E-state index in [4.69, 9.17) is 4.74 Å². The molecule has 0 atom stereocenters. The van der Waals surface area contributed by atoms with Crippen molar-refractivity contribution in [3.8, 4) is 0 Å². The highest BCUT2D eigenvalue weighted by Gasteiger charge is 2.13. The van der Waals surface area contributed by atoms with Gasteiger partial charge < -0.3 is 4.74 Å². The Balaban J connectivity index is 2.54. The van der Waals surface area contributed by atoms with Crippen LogP contribution in [0.25, 0.3) is 0 Å². The van der Waals surface area contributed by atoms with E-state index in [-0.39, 0.29) is 5.12 Å². The normalized spacial score (nSPS) is 17.4. The zero-order valence-corrected chi connectivity index (χ0v) is 6.96. The number of carbonyl (C=O) groups excluding carboxylic acids is 1. The van der Waals surface area contributed by atoms with Crippen molar-refractivity contribution in [2.45, 2.75) is 20.3 Å². The van der Waals surface area contributed by atoms with Crippen molar-refractivity contribution in [3.05, 3.63) is 10.7 Å². The SMILES string of the molecule is CC(=O)SC1=C(C)OCC1. The number of thioether (sulfide) groups is 1. The van der Waals surface area contributed by atoms with Gasteiger partial charge in [-0.15, -0.1) is 0 Å². The zero-order valence-electron chi connectivity index (χ0n) is 6.14. The Morgan fingerprint density at radius 3 is 2.80 bits per heavy atom. The Hall–Kier alpha value is -0.440. The van der Waals surface area contributed by atoms with E-state index in [0.717, 1.165) is 23.7 Å². The van der Waals surface area contributed by atoms with Gasteiger partial charge in [0.25, 0.3) is 0 Å². The molecule has 0 aromatic heterocycles. The summed E-state index contributed by atoms with van der Waals surface area (Å²) in [4.78, 5) is 11.7. The van der Waals surface area contributed by atoms with Crippen molar-refractivity contribution in [2.75, 3.05) is 6.61 Å². The highest BCUT2D eigenvalue weighted by molar-refractivity contribution is 8.16. The maximum absolute atomic E-state index is 10.6. The van der Waals surface area contributed by atoms with Crippen LogP contribution in [-0.2, 0) is 9.53 Å². The molecule has 2 nitrogen and oxygen atoms in total. The molecule has 0 amide bonds. The smallest absolute Gasteiger partial charge is 0.190 e. The van der Waals surface area contributed by atoms with Crippen LogP contribution in [0.5, 0.6) is 0 Å². The molecule has 0 radical (unpaired) electrons. The lowest BCUT2D eigenvalue weighted by molar-refractivity contribution is -0.109. The van der Waals surface area contributed by atoms with Crippen molar-refractivity contribution >= 4 is 16.9 Å². The van der Waals surface area contributed by atoms with E-state index in [2.05, 4.69) is 0 Å². The van der Waals surface area contributed by atoms with Gasteiger partial charge in [0.15, 0.2) is 5.12 Å².